The van der Waals surface area contributed by atoms with E-state index in [1.807, 2.05) is 0 Å². The number of hydrogen-bond donors (Lipinski definition) is 1. The van der Waals surface area contributed by atoms with Crippen LogP contribution in [-0.2, 0) is 9.59 Å². The van der Waals surface area contributed by atoms with Gasteiger partial charge in [-0.2, -0.15) is 15.8 Å². The van der Waals surface area contributed by atoms with Crippen molar-refractivity contribution >= 4 is 17.8 Å². The lowest BCUT2D eigenvalue weighted by Crippen LogP contribution is -2.40. The second kappa shape index (κ2) is 4.39. The van der Waals surface area contributed by atoms with Crippen molar-refractivity contribution in [3.8, 4) is 18.2 Å². The van der Waals surface area contributed by atoms with Gasteiger partial charge in [0, 0.05) is 12.1 Å². The Hall–Kier alpha value is -2.52. The predicted octanol–water partition coefficient (Wildman–Crippen LogP) is 0.748. The van der Waals surface area contributed by atoms with Crippen molar-refractivity contribution in [3.05, 3.63) is 0 Å². The molecule has 6 heteroatoms. The maximum Gasteiger partial charge on any atom is 0.169 e. The summed E-state index contributed by atoms with van der Waals surface area (Å²) in [5.74, 6) is -1.36. The Bertz CT molecular complexity index is 532. The molecule has 1 aliphatic carbocycles. The molecule has 0 aromatic rings. The van der Waals surface area contributed by atoms with E-state index >= 15 is 0 Å². The molecule has 0 amide bonds. The molecule has 1 saturated carbocycles. The SMILES string of the molecule is CC(=O)C[C@]1(C#N)C(=N)C(C=O)CC1(C#N)C#N. The van der Waals surface area contributed by atoms with Gasteiger partial charge in [-0.15, -0.1) is 0 Å². The fourth-order valence-corrected chi connectivity index (χ4v) is 2.39. The smallest absolute Gasteiger partial charge is 0.169 e. The summed E-state index contributed by atoms with van der Waals surface area (Å²) >= 11 is 0. The van der Waals surface area contributed by atoms with Gasteiger partial charge in [-0.3, -0.25) is 4.79 Å². The number of Topliss-reactive ketones (excluding diaryl/α,β-unsaturated/α-hetero) is 1. The van der Waals surface area contributed by atoms with Gasteiger partial charge in [0.15, 0.2) is 5.41 Å². The highest BCUT2D eigenvalue weighted by Crippen LogP contribution is 2.54. The number of nitrogens with one attached hydrogen (secondary N) is 1. The molecule has 0 radical (unpaired) electrons. The molecule has 0 aromatic heterocycles. The molecule has 0 aromatic carbocycles. The van der Waals surface area contributed by atoms with Crippen molar-refractivity contribution in [1.29, 1.82) is 21.2 Å². The van der Waals surface area contributed by atoms with Gasteiger partial charge in [0.25, 0.3) is 0 Å². The van der Waals surface area contributed by atoms with E-state index in [1.54, 1.807) is 18.2 Å². The van der Waals surface area contributed by atoms with Crippen molar-refractivity contribution in [2.45, 2.75) is 19.8 Å². The normalized spacial score (nSPS) is 28.8. The summed E-state index contributed by atoms with van der Waals surface area (Å²) in [6, 6.07) is 5.23. The van der Waals surface area contributed by atoms with Gasteiger partial charge >= 0.3 is 0 Å². The Morgan fingerprint density at radius 2 is 2.00 bits per heavy atom. The Labute approximate surface area is 104 Å². The van der Waals surface area contributed by atoms with Gasteiger partial charge in [-0.1, -0.05) is 0 Å². The van der Waals surface area contributed by atoms with Crippen molar-refractivity contribution in [2.75, 3.05) is 0 Å². The Balaban J connectivity index is 3.53. The zero-order valence-corrected chi connectivity index (χ0v) is 9.73. The number of ketones is 1. The molecule has 0 aliphatic heterocycles. The van der Waals surface area contributed by atoms with Gasteiger partial charge in [-0.05, 0) is 13.3 Å². The molecule has 1 fully saturated rings. The van der Waals surface area contributed by atoms with E-state index in [1.165, 1.54) is 6.92 Å². The molecule has 0 spiro atoms. The highest BCUT2D eigenvalue weighted by molar-refractivity contribution is 6.06. The third-order valence-corrected chi connectivity index (χ3v) is 3.34. The molecule has 1 aliphatic rings. The fraction of sp³-hybridized carbons (Fsp3) is 0.500. The topological polar surface area (TPSA) is 129 Å². The zero-order chi connectivity index (χ0) is 14.0. The van der Waals surface area contributed by atoms with Crippen LogP contribution < -0.4 is 0 Å². The van der Waals surface area contributed by atoms with Crippen LogP contribution in [-0.4, -0.2) is 17.8 Å². The minimum atomic E-state index is -1.81. The number of carbonyl (C=O) groups is 2. The highest BCUT2D eigenvalue weighted by Gasteiger charge is 2.64. The number of hydrogen-bond acceptors (Lipinski definition) is 6. The monoisotopic (exact) mass is 242 g/mol. The van der Waals surface area contributed by atoms with Gasteiger partial charge in [0.1, 0.15) is 17.5 Å². The highest BCUT2D eigenvalue weighted by atomic mass is 16.1. The van der Waals surface area contributed by atoms with Gasteiger partial charge < -0.3 is 10.2 Å². The average Bonchev–Trinajstić information content (AvgIpc) is 2.60. The van der Waals surface area contributed by atoms with Gasteiger partial charge in [-0.25, -0.2) is 0 Å². The largest absolute Gasteiger partial charge is 0.307 e. The third kappa shape index (κ3) is 1.49. The first-order chi connectivity index (χ1) is 8.42. The van der Waals surface area contributed by atoms with Gasteiger partial charge in [0.05, 0.1) is 24.1 Å². The molecule has 1 unspecified atom stereocenters. The predicted molar refractivity (Wildman–Crippen MR) is 58.9 cm³/mol. The van der Waals surface area contributed by atoms with E-state index in [0.29, 0.717) is 6.29 Å². The molecule has 0 bridgehead atoms. The molecular formula is C12H10N4O2. The average molecular weight is 242 g/mol. The summed E-state index contributed by atoms with van der Waals surface area (Å²) in [6.07, 6.45) is -0.151. The second-order valence-electron chi connectivity index (χ2n) is 4.39. The van der Waals surface area contributed by atoms with Crippen LogP contribution in [0.1, 0.15) is 19.8 Å². The maximum absolute atomic E-state index is 11.3. The summed E-state index contributed by atoms with van der Waals surface area (Å²) in [5.41, 5.74) is -3.93. The van der Waals surface area contributed by atoms with Crippen LogP contribution in [0.3, 0.4) is 0 Å². The summed E-state index contributed by atoms with van der Waals surface area (Å²) in [4.78, 5) is 22.1. The molecule has 6 nitrogen and oxygen atoms in total. The van der Waals surface area contributed by atoms with E-state index < -0.39 is 29.0 Å². The quantitative estimate of drug-likeness (QED) is 0.729. The van der Waals surface area contributed by atoms with E-state index in [9.17, 15) is 25.4 Å². The Morgan fingerprint density at radius 3 is 2.33 bits per heavy atom. The first kappa shape index (κ1) is 13.5. The van der Waals surface area contributed by atoms with Crippen LogP contribution in [0.4, 0.5) is 0 Å². The number of nitriles is 3. The van der Waals surface area contributed by atoms with Crippen molar-refractivity contribution < 1.29 is 9.59 Å². The molecule has 1 N–H and O–H groups in total. The maximum atomic E-state index is 11.3. The first-order valence-electron chi connectivity index (χ1n) is 5.20. The van der Waals surface area contributed by atoms with E-state index in [0.717, 1.165) is 0 Å². The van der Waals surface area contributed by atoms with Crippen molar-refractivity contribution in [1.82, 2.24) is 0 Å². The van der Waals surface area contributed by atoms with Crippen LogP contribution in [0.2, 0.25) is 0 Å². The molecule has 0 saturated heterocycles. The molecule has 0 heterocycles. The lowest BCUT2D eigenvalue weighted by Gasteiger charge is -2.28. The third-order valence-electron chi connectivity index (χ3n) is 3.34. The van der Waals surface area contributed by atoms with E-state index in [2.05, 4.69) is 0 Å². The minimum Gasteiger partial charge on any atom is -0.307 e. The molecule has 90 valence electrons. The van der Waals surface area contributed by atoms with E-state index in [4.69, 9.17) is 5.41 Å². The summed E-state index contributed by atoms with van der Waals surface area (Å²) in [7, 11) is 0. The van der Waals surface area contributed by atoms with Crippen LogP contribution in [0.25, 0.3) is 0 Å². The number of nitrogens with zero attached hydrogens (tertiary/aromatic N) is 3. The lowest BCUT2D eigenvalue weighted by molar-refractivity contribution is -0.118. The Kier molecular flexibility index (Phi) is 3.30. The summed E-state index contributed by atoms with van der Waals surface area (Å²) in [6.45, 7) is 1.22. The number of rotatable bonds is 3. The minimum absolute atomic E-state index is 0.205. The standard InChI is InChI=1S/C12H10N4O2/c1-8(18)2-12(7-15)10(16)9(4-17)3-11(12,5-13)6-14/h4,9,16H,2-3H2,1H3/t9?,12-/m0/s1. The molecule has 2 atom stereocenters. The van der Waals surface area contributed by atoms with Crippen molar-refractivity contribution in [3.63, 3.8) is 0 Å². The first-order valence-corrected chi connectivity index (χ1v) is 5.20. The van der Waals surface area contributed by atoms with E-state index in [-0.39, 0.29) is 12.1 Å². The summed E-state index contributed by atoms with van der Waals surface area (Å²) < 4.78 is 0. The summed E-state index contributed by atoms with van der Waals surface area (Å²) in [5, 5.41) is 35.5. The number of aldehydes is 1. The van der Waals surface area contributed by atoms with Crippen molar-refractivity contribution in [2.24, 2.45) is 16.7 Å². The van der Waals surface area contributed by atoms with Crippen LogP contribution in [0, 0.1) is 56.2 Å². The molecule has 1 rings (SSSR count). The van der Waals surface area contributed by atoms with Crippen LogP contribution in [0.5, 0.6) is 0 Å². The lowest BCUT2D eigenvalue weighted by atomic mass is 9.65. The zero-order valence-electron chi connectivity index (χ0n) is 9.73. The van der Waals surface area contributed by atoms with Crippen LogP contribution in [0.15, 0.2) is 0 Å². The number of carbonyl (C=O) groups excluding carboxylic acids is 2. The molecular weight excluding hydrogens is 232 g/mol. The fourth-order valence-electron chi connectivity index (χ4n) is 2.39. The molecule has 18 heavy (non-hydrogen) atoms. The van der Waals surface area contributed by atoms with Gasteiger partial charge in [0.2, 0.25) is 0 Å². The second-order valence-corrected chi connectivity index (χ2v) is 4.39. The van der Waals surface area contributed by atoms with Crippen LogP contribution >= 0.6 is 0 Å². The Morgan fingerprint density at radius 1 is 1.44 bits per heavy atom.